The van der Waals surface area contributed by atoms with Gasteiger partial charge in [0.2, 0.25) is 5.91 Å². The number of aliphatic imine (C=N–C) groups is 1. The van der Waals surface area contributed by atoms with E-state index in [9.17, 15) is 4.79 Å². The van der Waals surface area contributed by atoms with Gasteiger partial charge in [0.05, 0.1) is 19.8 Å². The van der Waals surface area contributed by atoms with Crippen LogP contribution in [0.15, 0.2) is 35.3 Å². The van der Waals surface area contributed by atoms with Gasteiger partial charge >= 0.3 is 0 Å². The van der Waals surface area contributed by atoms with E-state index in [1.54, 1.807) is 11.9 Å². The van der Waals surface area contributed by atoms with E-state index in [-0.39, 0.29) is 5.91 Å². The van der Waals surface area contributed by atoms with E-state index >= 15 is 0 Å². The van der Waals surface area contributed by atoms with Crippen LogP contribution >= 0.6 is 0 Å². The van der Waals surface area contributed by atoms with Gasteiger partial charge in [-0.2, -0.15) is 0 Å². The third-order valence-corrected chi connectivity index (χ3v) is 4.10. The Labute approximate surface area is 169 Å². The standard InChI is InChI=1S/C21H36N4O3/c1-4-5-14-27-16-17-28-15-13-24-21(22-2)23-12-11-20(26)25(3)18-19-9-7-6-8-10-19/h6-10H,4-5,11-18H2,1-3H3,(H2,22,23,24). The zero-order valence-corrected chi connectivity index (χ0v) is 17.6. The number of amides is 1. The molecule has 1 amide bonds. The van der Waals surface area contributed by atoms with E-state index in [4.69, 9.17) is 9.47 Å². The number of ether oxygens (including phenoxy) is 2. The van der Waals surface area contributed by atoms with Crippen molar-refractivity contribution in [2.45, 2.75) is 32.7 Å². The fourth-order valence-electron chi connectivity index (χ4n) is 2.45. The highest BCUT2D eigenvalue weighted by atomic mass is 16.5. The molecule has 2 N–H and O–H groups in total. The topological polar surface area (TPSA) is 75.2 Å². The minimum absolute atomic E-state index is 0.0956. The maximum Gasteiger partial charge on any atom is 0.224 e. The predicted octanol–water partition coefficient (Wildman–Crippen LogP) is 2.03. The van der Waals surface area contributed by atoms with Crippen molar-refractivity contribution in [3.63, 3.8) is 0 Å². The zero-order chi connectivity index (χ0) is 20.5. The number of rotatable bonds is 14. The van der Waals surface area contributed by atoms with E-state index in [0.717, 1.165) is 25.0 Å². The fourth-order valence-corrected chi connectivity index (χ4v) is 2.45. The molecular weight excluding hydrogens is 356 g/mol. The third-order valence-electron chi connectivity index (χ3n) is 4.10. The molecule has 0 spiro atoms. The molecule has 158 valence electrons. The SMILES string of the molecule is CCCCOCCOCCNC(=NC)NCCC(=O)N(C)Cc1ccccc1. The van der Waals surface area contributed by atoms with E-state index in [1.807, 2.05) is 37.4 Å². The molecule has 7 nitrogen and oxygen atoms in total. The number of hydrogen-bond acceptors (Lipinski definition) is 4. The first kappa shape index (κ1) is 23.9. The molecule has 0 heterocycles. The molecule has 28 heavy (non-hydrogen) atoms. The summed E-state index contributed by atoms with van der Waals surface area (Å²) in [6, 6.07) is 9.98. The molecular formula is C21H36N4O3. The number of benzene rings is 1. The molecule has 1 rings (SSSR count). The third kappa shape index (κ3) is 11.6. The van der Waals surface area contributed by atoms with Crippen LogP contribution in [0.25, 0.3) is 0 Å². The lowest BCUT2D eigenvalue weighted by molar-refractivity contribution is -0.130. The van der Waals surface area contributed by atoms with Gasteiger partial charge < -0.3 is 25.0 Å². The Bertz CT molecular complexity index is 552. The lowest BCUT2D eigenvalue weighted by atomic mass is 10.2. The quantitative estimate of drug-likeness (QED) is 0.288. The first-order valence-corrected chi connectivity index (χ1v) is 10.0. The van der Waals surface area contributed by atoms with Crippen LogP contribution in [0.2, 0.25) is 0 Å². The highest BCUT2D eigenvalue weighted by molar-refractivity contribution is 5.81. The number of guanidine groups is 1. The second-order valence-corrected chi connectivity index (χ2v) is 6.49. The first-order chi connectivity index (χ1) is 13.7. The number of hydrogen-bond donors (Lipinski definition) is 2. The van der Waals surface area contributed by atoms with Gasteiger partial charge in [0.25, 0.3) is 0 Å². The summed E-state index contributed by atoms with van der Waals surface area (Å²) in [6.07, 6.45) is 2.65. The second-order valence-electron chi connectivity index (χ2n) is 6.49. The normalized spacial score (nSPS) is 11.3. The lowest BCUT2D eigenvalue weighted by Crippen LogP contribution is -2.40. The number of carbonyl (C=O) groups excluding carboxylic acids is 1. The van der Waals surface area contributed by atoms with Crippen molar-refractivity contribution in [1.82, 2.24) is 15.5 Å². The molecule has 0 aliphatic heterocycles. The van der Waals surface area contributed by atoms with Crippen LogP contribution in [-0.4, -0.2) is 70.4 Å². The molecule has 0 aliphatic rings. The lowest BCUT2D eigenvalue weighted by Gasteiger charge is -2.18. The van der Waals surface area contributed by atoms with Crippen LogP contribution in [0.3, 0.4) is 0 Å². The van der Waals surface area contributed by atoms with Crippen molar-refractivity contribution in [1.29, 1.82) is 0 Å². The molecule has 0 saturated carbocycles. The summed E-state index contributed by atoms with van der Waals surface area (Å²) in [5.41, 5.74) is 1.12. The summed E-state index contributed by atoms with van der Waals surface area (Å²) in [5.74, 6) is 0.763. The Morgan fingerprint density at radius 2 is 1.71 bits per heavy atom. The van der Waals surface area contributed by atoms with Gasteiger partial charge in [-0.3, -0.25) is 9.79 Å². The second kappa shape index (κ2) is 15.9. The minimum atomic E-state index is 0.0956. The molecule has 7 heteroatoms. The number of nitrogens with one attached hydrogen (secondary N) is 2. The van der Waals surface area contributed by atoms with Crippen LogP contribution in [0.1, 0.15) is 31.7 Å². The maximum absolute atomic E-state index is 12.2. The van der Waals surface area contributed by atoms with E-state index in [0.29, 0.717) is 51.8 Å². The van der Waals surface area contributed by atoms with Crippen LogP contribution in [0.4, 0.5) is 0 Å². The van der Waals surface area contributed by atoms with Crippen molar-refractivity contribution in [2.24, 2.45) is 4.99 Å². The molecule has 0 saturated heterocycles. The van der Waals surface area contributed by atoms with Gasteiger partial charge in [-0.25, -0.2) is 0 Å². The molecule has 0 unspecified atom stereocenters. The van der Waals surface area contributed by atoms with Crippen molar-refractivity contribution >= 4 is 11.9 Å². The minimum Gasteiger partial charge on any atom is -0.379 e. The monoisotopic (exact) mass is 392 g/mol. The molecule has 0 fully saturated rings. The summed E-state index contributed by atoms with van der Waals surface area (Å²) in [7, 11) is 3.53. The number of carbonyl (C=O) groups is 1. The Morgan fingerprint density at radius 3 is 2.39 bits per heavy atom. The Kier molecular flexibility index (Phi) is 13.6. The predicted molar refractivity (Wildman–Crippen MR) is 113 cm³/mol. The smallest absolute Gasteiger partial charge is 0.224 e. The van der Waals surface area contributed by atoms with Gasteiger partial charge in [0.1, 0.15) is 0 Å². The van der Waals surface area contributed by atoms with Gasteiger partial charge in [-0.05, 0) is 12.0 Å². The molecule has 0 atom stereocenters. The van der Waals surface area contributed by atoms with Gasteiger partial charge in [0, 0.05) is 46.8 Å². The Hall–Kier alpha value is -2.12. The van der Waals surface area contributed by atoms with Crippen molar-refractivity contribution < 1.29 is 14.3 Å². The van der Waals surface area contributed by atoms with Crippen molar-refractivity contribution in [2.75, 3.05) is 53.6 Å². The van der Waals surface area contributed by atoms with Gasteiger partial charge in [0.15, 0.2) is 5.96 Å². The average Bonchev–Trinajstić information content (AvgIpc) is 2.71. The van der Waals surface area contributed by atoms with Crippen molar-refractivity contribution in [3.8, 4) is 0 Å². The molecule has 0 radical (unpaired) electrons. The summed E-state index contributed by atoms with van der Waals surface area (Å²) in [4.78, 5) is 18.1. The molecule has 0 bridgehead atoms. The van der Waals surface area contributed by atoms with Crippen LogP contribution in [0, 0.1) is 0 Å². The molecule has 0 aliphatic carbocycles. The Morgan fingerprint density at radius 1 is 1.04 bits per heavy atom. The maximum atomic E-state index is 12.2. The van der Waals surface area contributed by atoms with Crippen LogP contribution in [-0.2, 0) is 20.8 Å². The van der Waals surface area contributed by atoms with Crippen LogP contribution in [0.5, 0.6) is 0 Å². The highest BCUT2D eigenvalue weighted by Crippen LogP contribution is 2.03. The number of nitrogens with zero attached hydrogens (tertiary/aromatic N) is 2. The van der Waals surface area contributed by atoms with Gasteiger partial charge in [-0.15, -0.1) is 0 Å². The number of unbranched alkanes of at least 4 members (excludes halogenated alkanes) is 1. The van der Waals surface area contributed by atoms with E-state index < -0.39 is 0 Å². The summed E-state index contributed by atoms with van der Waals surface area (Å²) < 4.78 is 10.9. The fraction of sp³-hybridized carbons (Fsp3) is 0.619. The summed E-state index contributed by atoms with van der Waals surface area (Å²) >= 11 is 0. The van der Waals surface area contributed by atoms with Gasteiger partial charge in [-0.1, -0.05) is 43.7 Å². The largest absolute Gasteiger partial charge is 0.379 e. The zero-order valence-electron chi connectivity index (χ0n) is 17.6. The van der Waals surface area contributed by atoms with Crippen LogP contribution < -0.4 is 10.6 Å². The first-order valence-electron chi connectivity index (χ1n) is 10.0. The summed E-state index contributed by atoms with van der Waals surface area (Å²) in [6.45, 7) is 6.55. The van der Waals surface area contributed by atoms with E-state index in [2.05, 4.69) is 22.5 Å². The molecule has 1 aromatic rings. The highest BCUT2D eigenvalue weighted by Gasteiger charge is 2.09. The van der Waals surface area contributed by atoms with E-state index in [1.165, 1.54) is 0 Å². The average molecular weight is 393 g/mol. The Balaban J connectivity index is 2.08. The van der Waals surface area contributed by atoms with Crippen molar-refractivity contribution in [3.05, 3.63) is 35.9 Å². The molecule has 1 aromatic carbocycles. The molecule has 0 aromatic heterocycles. The summed E-state index contributed by atoms with van der Waals surface area (Å²) in [5, 5.41) is 6.33.